The number of rotatable bonds is 1. The number of carbonyl (C=O) groups is 1. The van der Waals surface area contributed by atoms with E-state index in [0.717, 1.165) is 5.92 Å². The molecule has 0 aliphatic rings. The molecular weight excluding hydrogens is 119 g/mol. The summed E-state index contributed by atoms with van der Waals surface area (Å²) in [6.45, 7) is 9.14. The smallest absolute Gasteiger partial charge is 0.177 e. The van der Waals surface area contributed by atoms with Gasteiger partial charge in [-0.3, -0.25) is 4.79 Å². The number of allylic oxidation sites excluding steroid dienone is 1. The Morgan fingerprint density at radius 3 is 1.67 bits per heavy atom. The Morgan fingerprint density at radius 2 is 1.67 bits per heavy atom. The first-order valence-corrected chi connectivity index (χ1v) is 2.80. The highest BCUT2D eigenvalue weighted by Gasteiger charge is 1.73. The van der Waals surface area contributed by atoms with Gasteiger partial charge in [-0.25, -0.2) is 4.39 Å². The molecule has 0 amide bonds. The lowest BCUT2D eigenvalue weighted by Crippen LogP contribution is -1.66. The lowest BCUT2D eigenvalue weighted by atomic mass is 10.3. The normalized spacial score (nSPS) is 7.67. The molecule has 2 heteroatoms. The van der Waals surface area contributed by atoms with Gasteiger partial charge in [-0.15, -0.1) is 0 Å². The van der Waals surface area contributed by atoms with Crippen LogP contribution in [0.5, 0.6) is 0 Å². The van der Waals surface area contributed by atoms with Gasteiger partial charge in [-0.2, -0.15) is 0 Å². The van der Waals surface area contributed by atoms with Crippen molar-refractivity contribution in [2.24, 2.45) is 5.92 Å². The zero-order chi connectivity index (χ0) is 7.86. The molecule has 1 nitrogen and oxygen atoms in total. The van der Waals surface area contributed by atoms with E-state index in [1.54, 1.807) is 0 Å². The van der Waals surface area contributed by atoms with Crippen LogP contribution in [0.25, 0.3) is 0 Å². The Labute approximate surface area is 55.6 Å². The lowest BCUT2D eigenvalue weighted by molar-refractivity contribution is -0.106. The Bertz CT molecular complexity index is 84.2. The van der Waals surface area contributed by atoms with Crippen molar-refractivity contribution in [1.29, 1.82) is 0 Å². The molecule has 0 N–H and O–H groups in total. The van der Waals surface area contributed by atoms with Crippen LogP contribution in [0.3, 0.4) is 0 Å². The second-order valence-electron chi connectivity index (χ2n) is 2.30. The number of carbonyl (C=O) groups excluding carboxylic acids is 1. The average Bonchev–Trinajstić information content (AvgIpc) is 1.65. The number of hydrogen-bond acceptors (Lipinski definition) is 1. The summed E-state index contributed by atoms with van der Waals surface area (Å²) >= 11 is 0. The highest BCUT2D eigenvalue weighted by atomic mass is 19.1. The molecule has 0 saturated heterocycles. The van der Waals surface area contributed by atoms with Crippen LogP contribution in [-0.4, -0.2) is 6.29 Å². The highest BCUT2D eigenvalue weighted by Crippen LogP contribution is 1.81. The van der Waals surface area contributed by atoms with Crippen molar-refractivity contribution in [2.45, 2.75) is 20.8 Å². The quantitative estimate of drug-likeness (QED) is 0.395. The van der Waals surface area contributed by atoms with Crippen LogP contribution in [0.2, 0.25) is 0 Å². The summed E-state index contributed by atoms with van der Waals surface area (Å²) in [5.74, 6) is -0.0926. The van der Waals surface area contributed by atoms with E-state index in [1.807, 2.05) is 0 Å². The van der Waals surface area contributed by atoms with Crippen LogP contribution in [-0.2, 0) is 4.79 Å². The number of halogens is 1. The molecule has 0 bridgehead atoms. The Kier molecular flexibility index (Phi) is 9.12. The summed E-state index contributed by atoms with van der Waals surface area (Å²) < 4.78 is 10.9. The summed E-state index contributed by atoms with van der Waals surface area (Å²) in [6, 6.07) is 0. The predicted octanol–water partition coefficient (Wildman–Crippen LogP) is 2.33. The van der Waals surface area contributed by atoms with E-state index >= 15 is 0 Å². The van der Waals surface area contributed by atoms with Crippen LogP contribution in [0.15, 0.2) is 12.4 Å². The first-order chi connectivity index (χ1) is 4.00. The molecule has 0 aromatic heterocycles. The molecule has 0 spiro atoms. The van der Waals surface area contributed by atoms with Gasteiger partial charge in [-0.1, -0.05) is 27.4 Å². The molecule has 0 saturated carbocycles. The summed E-state index contributed by atoms with van der Waals surface area (Å²) in [5.41, 5.74) is 0. The minimum atomic E-state index is -0.926. The Hall–Kier alpha value is -0.660. The molecule has 0 radical (unpaired) electrons. The number of hydrogen-bond donors (Lipinski definition) is 0. The lowest BCUT2D eigenvalue weighted by Gasteiger charge is -1.79. The van der Waals surface area contributed by atoms with Crippen LogP contribution < -0.4 is 0 Å². The molecule has 0 aromatic carbocycles. The third-order valence-corrected chi connectivity index (χ3v) is 0.128. The SMILES string of the molecule is C=C(F)C=O.CC(C)C. The fourth-order valence-corrected chi connectivity index (χ4v) is 0. The van der Waals surface area contributed by atoms with Crippen molar-refractivity contribution in [2.75, 3.05) is 0 Å². The van der Waals surface area contributed by atoms with E-state index < -0.39 is 5.83 Å². The fourth-order valence-electron chi connectivity index (χ4n) is 0. The van der Waals surface area contributed by atoms with Crippen LogP contribution >= 0.6 is 0 Å². The van der Waals surface area contributed by atoms with E-state index in [1.165, 1.54) is 0 Å². The van der Waals surface area contributed by atoms with Crippen molar-refractivity contribution in [1.82, 2.24) is 0 Å². The third-order valence-electron chi connectivity index (χ3n) is 0.128. The standard InChI is InChI=1S/C4H10.C3H3FO/c1-4(2)3;1-3(4)2-5/h4H,1-3H3;2H,1H2. The molecule has 0 aromatic rings. The van der Waals surface area contributed by atoms with Crippen molar-refractivity contribution in [3.8, 4) is 0 Å². The minimum absolute atomic E-state index is 0.0556. The van der Waals surface area contributed by atoms with Crippen LogP contribution in [0.1, 0.15) is 20.8 Å². The Balaban J connectivity index is 0. The van der Waals surface area contributed by atoms with Crippen molar-refractivity contribution in [3.05, 3.63) is 12.4 Å². The highest BCUT2D eigenvalue weighted by molar-refractivity contribution is 5.68. The first kappa shape index (κ1) is 11.2. The van der Waals surface area contributed by atoms with E-state index in [2.05, 4.69) is 27.4 Å². The van der Waals surface area contributed by atoms with Crippen molar-refractivity contribution >= 4 is 6.29 Å². The summed E-state index contributed by atoms with van der Waals surface area (Å²) in [5, 5.41) is 0. The molecule has 0 fully saturated rings. The molecule has 0 heterocycles. The second kappa shape index (κ2) is 7.34. The molecule has 0 aliphatic carbocycles. The van der Waals surface area contributed by atoms with E-state index in [0.29, 0.717) is 0 Å². The predicted molar refractivity (Wildman–Crippen MR) is 36.8 cm³/mol. The Morgan fingerprint density at radius 1 is 1.56 bits per heavy atom. The second-order valence-corrected chi connectivity index (χ2v) is 2.30. The number of aldehydes is 1. The zero-order valence-electron chi connectivity index (χ0n) is 6.15. The van der Waals surface area contributed by atoms with E-state index in [9.17, 15) is 4.39 Å². The maximum Gasteiger partial charge on any atom is 0.177 e. The van der Waals surface area contributed by atoms with Crippen LogP contribution in [0.4, 0.5) is 4.39 Å². The van der Waals surface area contributed by atoms with Gasteiger partial charge in [0.05, 0.1) is 0 Å². The molecule has 0 rings (SSSR count). The molecule has 0 atom stereocenters. The third kappa shape index (κ3) is 117. The summed E-state index contributed by atoms with van der Waals surface area (Å²) in [6.07, 6.45) is 0.0556. The van der Waals surface area contributed by atoms with Gasteiger partial charge in [0.2, 0.25) is 0 Å². The summed E-state index contributed by atoms with van der Waals surface area (Å²) in [4.78, 5) is 9.03. The molecular formula is C7H13FO. The molecule has 9 heavy (non-hydrogen) atoms. The van der Waals surface area contributed by atoms with Gasteiger partial charge in [0.1, 0.15) is 0 Å². The molecule has 54 valence electrons. The minimum Gasteiger partial charge on any atom is -0.295 e. The van der Waals surface area contributed by atoms with Gasteiger partial charge in [0.15, 0.2) is 12.1 Å². The van der Waals surface area contributed by atoms with Gasteiger partial charge in [0, 0.05) is 0 Å². The van der Waals surface area contributed by atoms with Crippen molar-refractivity contribution in [3.63, 3.8) is 0 Å². The van der Waals surface area contributed by atoms with E-state index in [4.69, 9.17) is 4.79 Å². The zero-order valence-corrected chi connectivity index (χ0v) is 6.15. The van der Waals surface area contributed by atoms with E-state index in [-0.39, 0.29) is 6.29 Å². The largest absolute Gasteiger partial charge is 0.295 e. The first-order valence-electron chi connectivity index (χ1n) is 2.80. The van der Waals surface area contributed by atoms with Gasteiger partial charge in [0.25, 0.3) is 0 Å². The van der Waals surface area contributed by atoms with Crippen molar-refractivity contribution < 1.29 is 9.18 Å². The monoisotopic (exact) mass is 132 g/mol. The molecule has 0 unspecified atom stereocenters. The van der Waals surface area contributed by atoms with Gasteiger partial charge < -0.3 is 0 Å². The maximum atomic E-state index is 10.9. The van der Waals surface area contributed by atoms with Crippen LogP contribution in [0, 0.1) is 5.92 Å². The topological polar surface area (TPSA) is 17.1 Å². The molecule has 0 aliphatic heterocycles. The van der Waals surface area contributed by atoms with Gasteiger partial charge in [-0.05, 0) is 5.92 Å². The fraction of sp³-hybridized carbons (Fsp3) is 0.571. The average molecular weight is 132 g/mol. The summed E-state index contributed by atoms with van der Waals surface area (Å²) in [7, 11) is 0. The maximum absolute atomic E-state index is 10.9. The van der Waals surface area contributed by atoms with Gasteiger partial charge >= 0.3 is 0 Å².